The van der Waals surface area contributed by atoms with Gasteiger partial charge in [0.15, 0.2) is 0 Å². The Hall–Kier alpha value is -2.22. The average molecular weight is 359 g/mol. The van der Waals surface area contributed by atoms with Crippen LogP contribution < -0.4 is 15.0 Å². The van der Waals surface area contributed by atoms with Crippen molar-refractivity contribution >= 4 is 23.4 Å². The van der Waals surface area contributed by atoms with Crippen molar-refractivity contribution in [3.8, 4) is 5.88 Å². The lowest BCUT2D eigenvalue weighted by atomic mass is 9.92. The molecular formula is C17H21N5O2S. The normalized spacial score (nSPS) is 25.0. The van der Waals surface area contributed by atoms with Gasteiger partial charge in [0.05, 0.1) is 18.7 Å². The molecule has 2 aromatic heterocycles. The summed E-state index contributed by atoms with van der Waals surface area (Å²) in [5.41, 5.74) is 1.24. The van der Waals surface area contributed by atoms with E-state index in [1.807, 2.05) is 13.0 Å². The van der Waals surface area contributed by atoms with E-state index in [-0.39, 0.29) is 17.5 Å². The van der Waals surface area contributed by atoms with Crippen molar-refractivity contribution in [3.05, 3.63) is 28.9 Å². The number of anilines is 1. The highest BCUT2D eigenvalue weighted by atomic mass is 32.1. The highest BCUT2D eigenvalue weighted by Crippen LogP contribution is 2.43. The first-order valence-electron chi connectivity index (χ1n) is 8.50. The van der Waals surface area contributed by atoms with Crippen molar-refractivity contribution in [3.63, 3.8) is 0 Å². The van der Waals surface area contributed by atoms with Crippen LogP contribution in [0, 0.1) is 6.92 Å². The van der Waals surface area contributed by atoms with Crippen molar-refractivity contribution in [2.45, 2.75) is 44.2 Å². The van der Waals surface area contributed by atoms with Gasteiger partial charge in [-0.25, -0.2) is 9.97 Å². The van der Waals surface area contributed by atoms with Gasteiger partial charge in [0.1, 0.15) is 5.56 Å². The number of aromatic nitrogens is 3. The first-order valence-corrected chi connectivity index (χ1v) is 9.34. The standard InChI is InChI=1S/C17H21N5O2S/c1-11-5-8-18-16(19-11)22-9-7-17(6-3-4-13(17)22)20-14(23)12-10-25-21-15(12)24-2/h5,8,10,13H,3-4,6-7,9H2,1-2H3,(H,20,23). The van der Waals surface area contributed by atoms with Gasteiger partial charge in [-0.15, -0.1) is 0 Å². The van der Waals surface area contributed by atoms with E-state index in [1.54, 1.807) is 11.6 Å². The Labute approximate surface area is 150 Å². The van der Waals surface area contributed by atoms with Crippen LogP contribution in [0.15, 0.2) is 17.6 Å². The molecule has 0 aromatic carbocycles. The number of carbonyl (C=O) groups excluding carboxylic acids is 1. The lowest BCUT2D eigenvalue weighted by Gasteiger charge is -2.33. The first-order chi connectivity index (χ1) is 12.1. The number of hydrogen-bond acceptors (Lipinski definition) is 7. The Bertz CT molecular complexity index is 795. The number of hydrogen-bond donors (Lipinski definition) is 1. The number of ether oxygens (including phenoxy) is 1. The molecule has 1 aliphatic carbocycles. The minimum absolute atomic E-state index is 0.107. The Balaban J connectivity index is 1.58. The van der Waals surface area contributed by atoms with Gasteiger partial charge in [0, 0.05) is 23.8 Å². The highest BCUT2D eigenvalue weighted by Gasteiger charge is 2.52. The molecular weight excluding hydrogens is 338 g/mol. The van der Waals surface area contributed by atoms with Crippen molar-refractivity contribution in [2.24, 2.45) is 0 Å². The third-order valence-electron chi connectivity index (χ3n) is 5.29. The molecule has 2 aromatic rings. The maximum absolute atomic E-state index is 12.8. The molecule has 1 saturated heterocycles. The fourth-order valence-electron chi connectivity index (χ4n) is 4.11. The molecule has 2 aliphatic rings. The zero-order valence-corrected chi connectivity index (χ0v) is 15.2. The summed E-state index contributed by atoms with van der Waals surface area (Å²) in [5.74, 6) is 1.05. The number of nitrogens with zero attached hydrogens (tertiary/aromatic N) is 4. The summed E-state index contributed by atoms with van der Waals surface area (Å²) in [6.45, 7) is 2.83. The molecule has 8 heteroatoms. The van der Waals surface area contributed by atoms with Crippen molar-refractivity contribution in [2.75, 3.05) is 18.6 Å². The molecule has 1 N–H and O–H groups in total. The molecule has 1 amide bonds. The number of methoxy groups -OCH3 is 1. The molecule has 1 aliphatic heterocycles. The third-order valence-corrected chi connectivity index (χ3v) is 5.90. The summed E-state index contributed by atoms with van der Waals surface area (Å²) in [7, 11) is 1.54. The number of amides is 1. The zero-order valence-electron chi connectivity index (χ0n) is 14.4. The van der Waals surface area contributed by atoms with E-state index < -0.39 is 0 Å². The Kier molecular flexibility index (Phi) is 4.07. The van der Waals surface area contributed by atoms with E-state index in [0.717, 1.165) is 43.9 Å². The lowest BCUT2D eigenvalue weighted by Crippen LogP contribution is -2.53. The van der Waals surface area contributed by atoms with Crippen LogP contribution in [0.5, 0.6) is 5.88 Å². The van der Waals surface area contributed by atoms with Gasteiger partial charge in [0.2, 0.25) is 11.8 Å². The van der Waals surface area contributed by atoms with Crippen LogP contribution in [-0.2, 0) is 0 Å². The van der Waals surface area contributed by atoms with E-state index in [2.05, 4.69) is 24.6 Å². The summed E-state index contributed by atoms with van der Waals surface area (Å²) in [6.07, 6.45) is 5.81. The molecule has 7 nitrogen and oxygen atoms in total. The van der Waals surface area contributed by atoms with E-state index in [4.69, 9.17) is 4.74 Å². The van der Waals surface area contributed by atoms with E-state index >= 15 is 0 Å². The van der Waals surface area contributed by atoms with Crippen LogP contribution in [0.3, 0.4) is 0 Å². The predicted octanol–water partition coefficient (Wildman–Crippen LogP) is 2.18. The third kappa shape index (κ3) is 2.74. The van der Waals surface area contributed by atoms with Crippen molar-refractivity contribution in [1.82, 2.24) is 19.7 Å². The van der Waals surface area contributed by atoms with Gasteiger partial charge < -0.3 is 15.0 Å². The Morgan fingerprint density at radius 3 is 3.16 bits per heavy atom. The minimum Gasteiger partial charge on any atom is -0.480 e. The van der Waals surface area contributed by atoms with Gasteiger partial charge in [0.25, 0.3) is 5.91 Å². The van der Waals surface area contributed by atoms with Gasteiger partial charge in [-0.3, -0.25) is 4.79 Å². The van der Waals surface area contributed by atoms with Crippen LogP contribution in [0.25, 0.3) is 0 Å². The largest absolute Gasteiger partial charge is 0.480 e. The molecule has 0 spiro atoms. The van der Waals surface area contributed by atoms with Crippen molar-refractivity contribution in [1.29, 1.82) is 0 Å². The van der Waals surface area contributed by atoms with Crippen LogP contribution in [0.1, 0.15) is 41.7 Å². The summed E-state index contributed by atoms with van der Waals surface area (Å²) in [6, 6.07) is 2.13. The summed E-state index contributed by atoms with van der Waals surface area (Å²) < 4.78 is 9.31. The number of nitrogens with one attached hydrogen (secondary N) is 1. The van der Waals surface area contributed by atoms with E-state index in [1.165, 1.54) is 18.6 Å². The number of fused-ring (bicyclic) bond motifs is 1. The summed E-state index contributed by atoms with van der Waals surface area (Å²) in [4.78, 5) is 24.1. The smallest absolute Gasteiger partial charge is 0.258 e. The first kappa shape index (κ1) is 16.3. The number of carbonyl (C=O) groups is 1. The van der Waals surface area contributed by atoms with Crippen LogP contribution >= 0.6 is 11.5 Å². The quantitative estimate of drug-likeness (QED) is 0.901. The second kappa shape index (κ2) is 6.25. The topological polar surface area (TPSA) is 80.2 Å². The lowest BCUT2D eigenvalue weighted by molar-refractivity contribution is 0.0896. The molecule has 2 unspecified atom stereocenters. The van der Waals surface area contributed by atoms with Crippen LogP contribution in [-0.4, -0.2) is 45.5 Å². The summed E-state index contributed by atoms with van der Waals surface area (Å²) in [5, 5.41) is 5.04. The molecule has 25 heavy (non-hydrogen) atoms. The van der Waals surface area contributed by atoms with Crippen LogP contribution in [0.2, 0.25) is 0 Å². The fraction of sp³-hybridized carbons (Fsp3) is 0.529. The minimum atomic E-state index is -0.225. The second-order valence-electron chi connectivity index (χ2n) is 6.70. The molecule has 1 saturated carbocycles. The predicted molar refractivity (Wildman–Crippen MR) is 95.2 cm³/mol. The fourth-order valence-corrected chi connectivity index (χ4v) is 4.75. The van der Waals surface area contributed by atoms with Gasteiger partial charge in [-0.2, -0.15) is 4.37 Å². The van der Waals surface area contributed by atoms with Crippen LogP contribution in [0.4, 0.5) is 5.95 Å². The molecule has 0 radical (unpaired) electrons. The van der Waals surface area contributed by atoms with E-state index in [0.29, 0.717) is 11.4 Å². The average Bonchev–Trinajstić information content (AvgIpc) is 3.28. The number of aryl methyl sites for hydroxylation is 1. The maximum atomic E-state index is 12.8. The van der Waals surface area contributed by atoms with Gasteiger partial charge >= 0.3 is 0 Å². The monoisotopic (exact) mass is 359 g/mol. The molecule has 4 rings (SSSR count). The second-order valence-corrected chi connectivity index (χ2v) is 7.33. The zero-order chi connectivity index (χ0) is 17.4. The molecule has 0 bridgehead atoms. The Morgan fingerprint density at radius 2 is 2.36 bits per heavy atom. The molecule has 2 atom stereocenters. The molecule has 3 heterocycles. The maximum Gasteiger partial charge on any atom is 0.258 e. The number of rotatable bonds is 4. The van der Waals surface area contributed by atoms with Gasteiger partial charge in [-0.1, -0.05) is 0 Å². The van der Waals surface area contributed by atoms with E-state index in [9.17, 15) is 4.79 Å². The molecule has 2 fully saturated rings. The summed E-state index contributed by atoms with van der Waals surface area (Å²) >= 11 is 1.23. The molecule has 132 valence electrons. The van der Waals surface area contributed by atoms with Crippen molar-refractivity contribution < 1.29 is 9.53 Å². The highest BCUT2D eigenvalue weighted by molar-refractivity contribution is 7.04. The van der Waals surface area contributed by atoms with Gasteiger partial charge in [-0.05, 0) is 50.2 Å². The SMILES string of the molecule is COc1nscc1C(=O)NC12CCCC1N(c1nccc(C)n1)CC2. The Morgan fingerprint density at radius 1 is 1.48 bits per heavy atom.